The van der Waals surface area contributed by atoms with Crippen LogP contribution >= 0.6 is 0 Å². The summed E-state index contributed by atoms with van der Waals surface area (Å²) in [5.41, 5.74) is 0. The van der Waals surface area contributed by atoms with Crippen molar-refractivity contribution in [3.63, 3.8) is 0 Å². The van der Waals surface area contributed by atoms with Gasteiger partial charge in [-0.1, -0.05) is 0 Å². The molecule has 32 valence electrons. The minimum Gasteiger partial charge on any atom is -1.00 e. The third-order valence-electron chi connectivity index (χ3n) is 0. The summed E-state index contributed by atoms with van der Waals surface area (Å²) in [6.07, 6.45) is 0. The first-order chi connectivity index (χ1) is 1.00. The molecule has 0 spiro atoms. The molecule has 0 aromatic carbocycles. The Balaban J connectivity index is -0.00000000167. The van der Waals surface area contributed by atoms with Crippen molar-refractivity contribution in [2.24, 2.45) is 0 Å². The first kappa shape index (κ1) is 26.7. The fraction of sp³-hybridized carbons (Fsp3) is 0. The summed E-state index contributed by atoms with van der Waals surface area (Å²) in [5, 5.41) is 0. The van der Waals surface area contributed by atoms with Crippen LogP contribution in [-0.4, -0.2) is 0 Å². The van der Waals surface area contributed by atoms with Crippen molar-refractivity contribution < 1.29 is 83.3 Å². The van der Waals surface area contributed by atoms with Crippen LogP contribution in [0.3, 0.4) is 0 Å². The summed E-state index contributed by atoms with van der Waals surface area (Å²) >= 11 is 0. The quantitative estimate of drug-likeness (QED) is 0.387. The van der Waals surface area contributed by atoms with Crippen molar-refractivity contribution in [1.29, 1.82) is 0 Å². The summed E-state index contributed by atoms with van der Waals surface area (Å²) < 4.78 is 0. The van der Waals surface area contributed by atoms with Crippen LogP contribution in [0, 0.1) is 56.0 Å². The third-order valence-corrected chi connectivity index (χ3v) is 0. The van der Waals surface area contributed by atoms with E-state index in [2.05, 4.69) is 13.2 Å². The van der Waals surface area contributed by atoms with Gasteiger partial charge in [0.25, 0.3) is 0 Å². The molecule has 0 rings (SSSR count). The molecule has 0 aliphatic rings. The second kappa shape index (κ2) is 33.6. The Bertz CT molecular complexity index is 7.61. The molecule has 0 aliphatic heterocycles. The third kappa shape index (κ3) is 22.1. The normalized spacial score (nSPS) is 0.800. The zero-order valence-electron chi connectivity index (χ0n) is 2.42. The number of hydrogen-bond donors (Lipinski definition) is 0. The van der Waals surface area contributed by atoms with Crippen LogP contribution in [0.1, 0.15) is 0 Å². The zero-order valence-corrected chi connectivity index (χ0v) is 8.02. The molecule has 0 aromatic rings. The van der Waals surface area contributed by atoms with Gasteiger partial charge in [-0.25, -0.2) is 0 Å². The van der Waals surface area contributed by atoms with Crippen LogP contribution in [0.4, 0.5) is 0 Å². The van der Waals surface area contributed by atoms with E-state index in [9.17, 15) is 0 Å². The van der Waals surface area contributed by atoms with E-state index in [1.807, 2.05) is 0 Å². The van der Waals surface area contributed by atoms with E-state index in [-0.39, 0.29) is 83.3 Å². The average Bonchev–Trinajstić information content (AvgIpc) is 1.00. The molecule has 0 heterocycles. The Kier molecular flexibility index (Phi) is 179. The Morgan fingerprint density at radius 1 is 1.00 bits per heavy atom. The fourth-order valence-electron chi connectivity index (χ4n) is 0. The van der Waals surface area contributed by atoms with Gasteiger partial charge in [-0.05, 0) is 0 Å². The van der Waals surface area contributed by atoms with Gasteiger partial charge in [0.1, 0.15) is 0 Å². The van der Waals surface area contributed by atoms with Crippen molar-refractivity contribution >= 4 is 0 Å². The molecule has 0 saturated heterocycles. The van der Waals surface area contributed by atoms with Gasteiger partial charge in [0, 0.05) is 0 Å². The molecule has 0 radical (unpaired) electrons. The topological polar surface area (TPSA) is 0 Å². The Hall–Kier alpha value is 2.28. The van der Waals surface area contributed by atoms with Crippen LogP contribution < -0.4 is 34.0 Å². The Morgan fingerprint density at radius 3 is 1.00 bits per heavy atom. The number of halogens is 2. The summed E-state index contributed by atoms with van der Waals surface area (Å²) in [5.74, 6) is 0. The second-order valence-electron chi connectivity index (χ2n) is 0. The monoisotopic (exact) mass is 338 g/mol. The number of rotatable bonds is 0. The molecule has 5 heavy (non-hydrogen) atoms. The van der Waals surface area contributed by atoms with E-state index >= 15 is 0 Å². The van der Waals surface area contributed by atoms with Crippen molar-refractivity contribution in [2.75, 3.05) is 0 Å². The van der Waals surface area contributed by atoms with E-state index in [4.69, 9.17) is 0 Å². The van der Waals surface area contributed by atoms with Crippen LogP contribution in [0.25, 0.3) is 0 Å². The van der Waals surface area contributed by atoms with Gasteiger partial charge in [-0.15, -0.1) is 0 Å². The largest absolute Gasteiger partial charge is 3.00 e. The molecular formula is C2H3Br2Eu. The van der Waals surface area contributed by atoms with E-state index in [0.717, 1.165) is 0 Å². The SMILES string of the molecule is [Br-].[Br-].[CH-]=C.[Eu+3]. The Labute approximate surface area is 94.5 Å². The van der Waals surface area contributed by atoms with Crippen LogP contribution in [0.15, 0.2) is 6.58 Å². The van der Waals surface area contributed by atoms with Crippen LogP contribution in [-0.2, 0) is 0 Å². The molecule has 0 atom stereocenters. The summed E-state index contributed by atoms with van der Waals surface area (Å²) in [4.78, 5) is 0. The van der Waals surface area contributed by atoms with Crippen molar-refractivity contribution in [2.45, 2.75) is 0 Å². The zero-order chi connectivity index (χ0) is 2.00. The van der Waals surface area contributed by atoms with Gasteiger partial charge < -0.3 is 40.5 Å². The maximum Gasteiger partial charge on any atom is 3.00 e. The molecule has 0 aromatic heterocycles. The summed E-state index contributed by atoms with van der Waals surface area (Å²) in [6, 6.07) is 0. The molecule has 0 fully saturated rings. The van der Waals surface area contributed by atoms with Crippen molar-refractivity contribution in [3.05, 3.63) is 13.2 Å². The van der Waals surface area contributed by atoms with Gasteiger partial charge in [0.2, 0.25) is 0 Å². The van der Waals surface area contributed by atoms with Crippen molar-refractivity contribution in [1.82, 2.24) is 0 Å². The van der Waals surface area contributed by atoms with E-state index in [1.54, 1.807) is 0 Å². The number of hydrogen-bond acceptors (Lipinski definition) is 0. The molecule has 0 amide bonds. The summed E-state index contributed by atoms with van der Waals surface area (Å²) in [6.45, 7) is 7.00. The smallest absolute Gasteiger partial charge is 1.00 e. The second-order valence-corrected chi connectivity index (χ2v) is 0. The first-order valence-corrected chi connectivity index (χ1v) is 0.408. The predicted molar refractivity (Wildman–Crippen MR) is 9.93 cm³/mol. The predicted octanol–water partition coefficient (Wildman–Crippen LogP) is -5.39. The van der Waals surface area contributed by atoms with Gasteiger partial charge >= 0.3 is 49.4 Å². The minimum absolute atomic E-state index is 0. The molecule has 0 saturated carbocycles. The van der Waals surface area contributed by atoms with E-state index < -0.39 is 0 Å². The first-order valence-electron chi connectivity index (χ1n) is 0.408. The van der Waals surface area contributed by atoms with E-state index in [1.165, 1.54) is 0 Å². The van der Waals surface area contributed by atoms with Gasteiger partial charge in [-0.2, -0.15) is 0 Å². The van der Waals surface area contributed by atoms with Crippen molar-refractivity contribution in [3.8, 4) is 0 Å². The van der Waals surface area contributed by atoms with Gasteiger partial charge in [-0.3, -0.25) is 6.58 Å². The molecular weight excluding hydrogens is 336 g/mol. The van der Waals surface area contributed by atoms with Gasteiger partial charge in [0.15, 0.2) is 0 Å². The minimum atomic E-state index is 0. The molecule has 0 aliphatic carbocycles. The van der Waals surface area contributed by atoms with Crippen LogP contribution in [0.2, 0.25) is 0 Å². The fourth-order valence-corrected chi connectivity index (χ4v) is 0. The van der Waals surface area contributed by atoms with Gasteiger partial charge in [0.05, 0.1) is 0 Å². The maximum absolute atomic E-state index is 4.25. The molecule has 0 unspecified atom stereocenters. The maximum atomic E-state index is 4.25. The Morgan fingerprint density at radius 2 is 1.00 bits per heavy atom. The molecule has 0 nitrogen and oxygen atoms in total. The molecule has 3 heteroatoms. The van der Waals surface area contributed by atoms with Crippen LogP contribution in [0.5, 0.6) is 0 Å². The molecule has 0 bridgehead atoms. The van der Waals surface area contributed by atoms with E-state index in [0.29, 0.717) is 0 Å². The summed E-state index contributed by atoms with van der Waals surface area (Å²) in [7, 11) is 0. The molecule has 0 N–H and O–H groups in total. The average molecular weight is 339 g/mol. The standard InChI is InChI=1S/C2H3.2BrH.Eu/c1-2;;;/h1H,2H2;2*1H;/q-1;;;+3/p-2.